The van der Waals surface area contributed by atoms with Crippen LogP contribution in [-0.2, 0) is 0 Å². The van der Waals surface area contributed by atoms with Crippen molar-refractivity contribution < 1.29 is 14.3 Å². The molecule has 0 radical (unpaired) electrons. The van der Waals surface area contributed by atoms with E-state index in [-0.39, 0.29) is 23.3 Å². The van der Waals surface area contributed by atoms with Gasteiger partial charge in [-0.3, -0.25) is 4.79 Å². The highest BCUT2D eigenvalue weighted by Crippen LogP contribution is 2.19. The van der Waals surface area contributed by atoms with Crippen molar-refractivity contribution in [1.82, 2.24) is 5.32 Å². The van der Waals surface area contributed by atoms with Gasteiger partial charge in [-0.2, -0.15) is 0 Å². The molecule has 0 aliphatic carbocycles. The molecule has 1 aromatic carbocycles. The number of halogens is 1. The second-order valence-electron chi connectivity index (χ2n) is 5.05. The van der Waals surface area contributed by atoms with E-state index in [9.17, 15) is 9.18 Å². The summed E-state index contributed by atoms with van der Waals surface area (Å²) in [6.45, 7) is 4.31. The van der Waals surface area contributed by atoms with Gasteiger partial charge in [0.05, 0.1) is 5.56 Å². The maximum Gasteiger partial charge on any atom is 0.253 e. The summed E-state index contributed by atoms with van der Waals surface area (Å²) in [6.07, 6.45) is 0.575. The smallest absolute Gasteiger partial charge is 0.253 e. The molecule has 0 fully saturated rings. The first-order chi connectivity index (χ1) is 8.35. The van der Waals surface area contributed by atoms with Crippen LogP contribution >= 0.6 is 0 Å². The van der Waals surface area contributed by atoms with Gasteiger partial charge < -0.3 is 16.2 Å². The molecule has 0 saturated carbocycles. The second-order valence-corrected chi connectivity index (χ2v) is 5.05. The highest BCUT2D eigenvalue weighted by atomic mass is 19.1. The van der Waals surface area contributed by atoms with E-state index in [2.05, 4.69) is 5.32 Å². The molecule has 1 rings (SSSR count). The number of amides is 1. The lowest BCUT2D eigenvalue weighted by molar-refractivity contribution is 0.0928. The zero-order valence-corrected chi connectivity index (χ0v) is 10.7. The predicted molar refractivity (Wildman–Crippen MR) is 68.6 cm³/mol. The maximum absolute atomic E-state index is 13.0. The zero-order chi connectivity index (χ0) is 13.8. The van der Waals surface area contributed by atoms with E-state index >= 15 is 0 Å². The van der Waals surface area contributed by atoms with Gasteiger partial charge in [-0.05, 0) is 30.0 Å². The van der Waals surface area contributed by atoms with Crippen LogP contribution in [0.15, 0.2) is 18.2 Å². The standard InChI is InChI=1S/C13H19FN2O2/c1-13(2,5-6-17)8-16-12(18)10-7-9(14)3-4-11(10)15/h3-4,7,17H,5-6,8,15H2,1-2H3,(H,16,18). The van der Waals surface area contributed by atoms with Gasteiger partial charge in [0.1, 0.15) is 5.82 Å². The summed E-state index contributed by atoms with van der Waals surface area (Å²) in [4.78, 5) is 11.8. The van der Waals surface area contributed by atoms with E-state index in [0.29, 0.717) is 13.0 Å². The van der Waals surface area contributed by atoms with Crippen LogP contribution in [0.1, 0.15) is 30.6 Å². The molecule has 0 heterocycles. The Morgan fingerprint density at radius 1 is 1.50 bits per heavy atom. The molecule has 0 bridgehead atoms. The highest BCUT2D eigenvalue weighted by Gasteiger charge is 2.19. The molecule has 4 N–H and O–H groups in total. The number of hydrogen-bond donors (Lipinski definition) is 3. The molecule has 0 atom stereocenters. The summed E-state index contributed by atoms with van der Waals surface area (Å²) in [5.41, 5.74) is 5.78. The summed E-state index contributed by atoms with van der Waals surface area (Å²) in [5, 5.41) is 11.6. The molecule has 1 amide bonds. The Kier molecular flexibility index (Phi) is 4.67. The Bertz CT molecular complexity index is 433. The van der Waals surface area contributed by atoms with Crippen molar-refractivity contribution in [2.24, 2.45) is 5.41 Å². The van der Waals surface area contributed by atoms with Crippen molar-refractivity contribution in [3.8, 4) is 0 Å². The molecule has 18 heavy (non-hydrogen) atoms. The van der Waals surface area contributed by atoms with Gasteiger partial charge in [-0.1, -0.05) is 13.8 Å². The zero-order valence-electron chi connectivity index (χ0n) is 10.7. The fraction of sp³-hybridized carbons (Fsp3) is 0.462. The van der Waals surface area contributed by atoms with E-state index < -0.39 is 11.7 Å². The number of nitrogens with two attached hydrogens (primary N) is 1. The number of hydrogen-bond acceptors (Lipinski definition) is 3. The highest BCUT2D eigenvalue weighted by molar-refractivity contribution is 5.99. The molecule has 0 aromatic heterocycles. The van der Waals surface area contributed by atoms with Crippen LogP contribution < -0.4 is 11.1 Å². The number of aliphatic hydroxyl groups is 1. The third kappa shape index (κ3) is 4.00. The number of aliphatic hydroxyl groups excluding tert-OH is 1. The van der Waals surface area contributed by atoms with Gasteiger partial charge in [-0.25, -0.2) is 4.39 Å². The van der Waals surface area contributed by atoms with Crippen molar-refractivity contribution in [2.45, 2.75) is 20.3 Å². The Labute approximate surface area is 106 Å². The van der Waals surface area contributed by atoms with Crippen molar-refractivity contribution in [1.29, 1.82) is 0 Å². The van der Waals surface area contributed by atoms with Gasteiger partial charge in [0, 0.05) is 18.8 Å². The number of carbonyl (C=O) groups is 1. The Hall–Kier alpha value is -1.62. The quantitative estimate of drug-likeness (QED) is 0.698. The van der Waals surface area contributed by atoms with Crippen LogP contribution in [-0.4, -0.2) is 24.2 Å². The van der Waals surface area contributed by atoms with Gasteiger partial charge in [0.2, 0.25) is 0 Å². The molecule has 1 aromatic rings. The van der Waals surface area contributed by atoms with Gasteiger partial charge >= 0.3 is 0 Å². The third-order valence-electron chi connectivity index (χ3n) is 2.78. The topological polar surface area (TPSA) is 75.3 Å². The number of anilines is 1. The van der Waals surface area contributed by atoms with E-state index in [1.807, 2.05) is 13.8 Å². The molecule has 0 unspecified atom stereocenters. The Morgan fingerprint density at radius 3 is 2.78 bits per heavy atom. The minimum Gasteiger partial charge on any atom is -0.398 e. The lowest BCUT2D eigenvalue weighted by atomic mass is 9.89. The summed E-state index contributed by atoms with van der Waals surface area (Å²) in [6, 6.07) is 3.69. The average molecular weight is 254 g/mol. The van der Waals surface area contributed by atoms with Gasteiger partial charge in [-0.15, -0.1) is 0 Å². The monoisotopic (exact) mass is 254 g/mol. The lowest BCUT2D eigenvalue weighted by Crippen LogP contribution is -2.34. The first-order valence-electron chi connectivity index (χ1n) is 5.80. The van der Waals surface area contributed by atoms with Crippen molar-refractivity contribution >= 4 is 11.6 Å². The minimum atomic E-state index is -0.496. The first kappa shape index (κ1) is 14.4. The molecule has 0 aliphatic rings. The molecule has 0 aliphatic heterocycles. The molecule has 100 valence electrons. The summed E-state index contributed by atoms with van der Waals surface area (Å²) in [7, 11) is 0. The third-order valence-corrected chi connectivity index (χ3v) is 2.78. The predicted octanol–water partition coefficient (Wildman–Crippen LogP) is 1.55. The number of nitrogen functional groups attached to an aromatic ring is 1. The van der Waals surface area contributed by atoms with E-state index in [0.717, 1.165) is 6.07 Å². The molecule has 0 spiro atoms. The van der Waals surface area contributed by atoms with E-state index in [1.165, 1.54) is 12.1 Å². The summed E-state index contributed by atoms with van der Waals surface area (Å²) in [5.74, 6) is -0.901. The SMILES string of the molecule is CC(C)(CCO)CNC(=O)c1cc(F)ccc1N. The van der Waals surface area contributed by atoms with Crippen LogP contribution in [0, 0.1) is 11.2 Å². The molecule has 0 saturated heterocycles. The average Bonchev–Trinajstić information content (AvgIpc) is 2.29. The number of benzene rings is 1. The maximum atomic E-state index is 13.0. The van der Waals surface area contributed by atoms with Crippen LogP contribution in [0.4, 0.5) is 10.1 Å². The van der Waals surface area contributed by atoms with Crippen molar-refractivity contribution in [3.63, 3.8) is 0 Å². The largest absolute Gasteiger partial charge is 0.398 e. The fourth-order valence-corrected chi connectivity index (χ4v) is 1.53. The van der Waals surface area contributed by atoms with E-state index in [4.69, 9.17) is 10.8 Å². The number of nitrogens with one attached hydrogen (secondary N) is 1. The second kappa shape index (κ2) is 5.82. The van der Waals surface area contributed by atoms with Crippen molar-refractivity contribution in [3.05, 3.63) is 29.6 Å². The lowest BCUT2D eigenvalue weighted by Gasteiger charge is -2.24. The first-order valence-corrected chi connectivity index (χ1v) is 5.80. The van der Waals surface area contributed by atoms with Crippen LogP contribution in [0.3, 0.4) is 0 Å². The summed E-state index contributed by atoms with van der Waals surface area (Å²) >= 11 is 0. The molecular weight excluding hydrogens is 235 g/mol. The van der Waals surface area contributed by atoms with Gasteiger partial charge in [0.25, 0.3) is 5.91 Å². The Morgan fingerprint density at radius 2 is 2.17 bits per heavy atom. The minimum absolute atomic E-state index is 0.0605. The summed E-state index contributed by atoms with van der Waals surface area (Å²) < 4.78 is 13.0. The van der Waals surface area contributed by atoms with Crippen LogP contribution in [0.5, 0.6) is 0 Å². The van der Waals surface area contributed by atoms with Gasteiger partial charge in [0.15, 0.2) is 0 Å². The van der Waals surface area contributed by atoms with Crippen LogP contribution in [0.2, 0.25) is 0 Å². The molecular formula is C13H19FN2O2. The molecule has 4 nitrogen and oxygen atoms in total. The Balaban J connectivity index is 2.69. The normalized spacial score (nSPS) is 11.3. The molecule has 5 heteroatoms. The number of rotatable bonds is 5. The van der Waals surface area contributed by atoms with E-state index in [1.54, 1.807) is 0 Å². The van der Waals surface area contributed by atoms with Crippen molar-refractivity contribution in [2.75, 3.05) is 18.9 Å². The fourth-order valence-electron chi connectivity index (χ4n) is 1.53. The number of carbonyl (C=O) groups excluding carboxylic acids is 1. The van der Waals surface area contributed by atoms with Crippen LogP contribution in [0.25, 0.3) is 0 Å².